The van der Waals surface area contributed by atoms with E-state index in [0.717, 1.165) is 24.3 Å². The third-order valence-electron chi connectivity index (χ3n) is 3.39. The van der Waals surface area contributed by atoms with Gasteiger partial charge in [-0.2, -0.15) is 0 Å². The molecule has 146 valence electrons. The van der Waals surface area contributed by atoms with Crippen LogP contribution in [0.15, 0.2) is 36.4 Å². The van der Waals surface area contributed by atoms with Gasteiger partial charge in [0.15, 0.2) is 6.61 Å². The summed E-state index contributed by atoms with van der Waals surface area (Å²) in [6.07, 6.45) is 0. The molecule has 2 rings (SSSR count). The quantitative estimate of drug-likeness (QED) is 0.416. The van der Waals surface area contributed by atoms with Crippen LogP contribution in [0.25, 0.3) is 0 Å². The molecule has 0 atom stereocenters. The molecule has 0 bridgehead atoms. The van der Waals surface area contributed by atoms with Crippen molar-refractivity contribution in [1.82, 2.24) is 0 Å². The van der Waals surface area contributed by atoms with Gasteiger partial charge in [0, 0.05) is 18.2 Å². The molecule has 0 aliphatic rings. The van der Waals surface area contributed by atoms with Crippen molar-refractivity contribution in [3.63, 3.8) is 0 Å². The van der Waals surface area contributed by atoms with Gasteiger partial charge in [-0.1, -0.05) is 11.6 Å². The highest BCUT2D eigenvalue weighted by molar-refractivity contribution is 6.33. The molecule has 0 aromatic heterocycles. The molecular weight excluding hydrogens is 398 g/mol. The van der Waals surface area contributed by atoms with Gasteiger partial charge in [0.05, 0.1) is 39.3 Å². The van der Waals surface area contributed by atoms with Crippen molar-refractivity contribution < 1.29 is 28.9 Å². The van der Waals surface area contributed by atoms with E-state index in [1.54, 1.807) is 0 Å². The number of esters is 1. The fourth-order valence-corrected chi connectivity index (χ4v) is 2.33. The van der Waals surface area contributed by atoms with Crippen molar-refractivity contribution in [2.24, 2.45) is 0 Å². The van der Waals surface area contributed by atoms with Crippen LogP contribution in [0.5, 0.6) is 5.75 Å². The van der Waals surface area contributed by atoms with Crippen LogP contribution in [0.4, 0.5) is 17.1 Å². The highest BCUT2D eigenvalue weighted by Crippen LogP contribution is 2.29. The number of rotatable bonds is 7. The molecular formula is C16H12ClN3O8. The molecule has 0 radical (unpaired) electrons. The van der Waals surface area contributed by atoms with E-state index in [1.807, 2.05) is 0 Å². The Morgan fingerprint density at radius 3 is 2.25 bits per heavy atom. The van der Waals surface area contributed by atoms with E-state index in [4.69, 9.17) is 21.1 Å². The Hall–Kier alpha value is -3.73. The van der Waals surface area contributed by atoms with Crippen molar-refractivity contribution in [2.45, 2.75) is 0 Å². The highest BCUT2D eigenvalue weighted by atomic mass is 35.5. The largest absolute Gasteiger partial charge is 0.494 e. The summed E-state index contributed by atoms with van der Waals surface area (Å²) in [5, 5.41) is 23.6. The van der Waals surface area contributed by atoms with E-state index in [0.29, 0.717) is 0 Å². The summed E-state index contributed by atoms with van der Waals surface area (Å²) >= 11 is 5.82. The second-order valence-corrected chi connectivity index (χ2v) is 5.59. The van der Waals surface area contributed by atoms with Gasteiger partial charge in [-0.15, -0.1) is 0 Å². The van der Waals surface area contributed by atoms with Gasteiger partial charge in [0.2, 0.25) is 0 Å². The second-order valence-electron chi connectivity index (χ2n) is 5.19. The maximum atomic E-state index is 12.0. The number of carbonyl (C=O) groups is 2. The first-order chi connectivity index (χ1) is 13.2. The number of nitrogens with one attached hydrogen (secondary N) is 1. The number of benzene rings is 2. The molecule has 0 spiro atoms. The molecule has 0 saturated carbocycles. The SMILES string of the molecule is COc1cc([N+](=O)[O-])ccc1NC(=O)COC(=O)c1ccc([N+](=O)[O-])cc1Cl. The number of methoxy groups -OCH3 is 1. The highest BCUT2D eigenvalue weighted by Gasteiger charge is 2.18. The summed E-state index contributed by atoms with van der Waals surface area (Å²) in [5.74, 6) is -1.64. The minimum Gasteiger partial charge on any atom is -0.494 e. The van der Waals surface area contributed by atoms with E-state index in [1.165, 1.54) is 19.2 Å². The lowest BCUT2D eigenvalue weighted by atomic mass is 10.2. The van der Waals surface area contributed by atoms with Gasteiger partial charge in [-0.05, 0) is 12.1 Å². The van der Waals surface area contributed by atoms with E-state index in [9.17, 15) is 29.8 Å². The number of non-ortho nitro benzene ring substituents is 2. The molecule has 0 aliphatic heterocycles. The number of nitro groups is 2. The molecule has 0 aliphatic carbocycles. The summed E-state index contributed by atoms with van der Waals surface area (Å²) < 4.78 is 9.80. The Bertz CT molecular complexity index is 963. The summed E-state index contributed by atoms with van der Waals surface area (Å²) in [7, 11) is 1.27. The molecule has 0 fully saturated rings. The van der Waals surface area contributed by atoms with Gasteiger partial charge in [0.1, 0.15) is 5.75 Å². The second kappa shape index (κ2) is 8.77. The van der Waals surface area contributed by atoms with Crippen LogP contribution < -0.4 is 10.1 Å². The van der Waals surface area contributed by atoms with Crippen LogP contribution in [0.3, 0.4) is 0 Å². The van der Waals surface area contributed by atoms with Crippen molar-refractivity contribution in [3.05, 3.63) is 67.2 Å². The average molecular weight is 410 g/mol. The number of amides is 1. The van der Waals surface area contributed by atoms with Crippen LogP contribution in [0, 0.1) is 20.2 Å². The molecule has 0 heterocycles. The average Bonchev–Trinajstić information content (AvgIpc) is 2.66. The zero-order valence-corrected chi connectivity index (χ0v) is 15.0. The summed E-state index contributed by atoms with van der Waals surface area (Å²) in [6.45, 7) is -0.688. The maximum absolute atomic E-state index is 12.0. The van der Waals surface area contributed by atoms with E-state index in [-0.39, 0.29) is 33.4 Å². The lowest BCUT2D eigenvalue weighted by molar-refractivity contribution is -0.385. The maximum Gasteiger partial charge on any atom is 0.340 e. The number of nitro benzene ring substituents is 2. The fourth-order valence-electron chi connectivity index (χ4n) is 2.07. The Labute approximate surface area is 162 Å². The topological polar surface area (TPSA) is 151 Å². The molecule has 2 aromatic rings. The predicted molar refractivity (Wildman–Crippen MR) is 96.7 cm³/mol. The number of halogens is 1. The third-order valence-corrected chi connectivity index (χ3v) is 3.70. The number of hydrogen-bond acceptors (Lipinski definition) is 8. The molecule has 11 nitrogen and oxygen atoms in total. The van der Waals surface area contributed by atoms with Crippen LogP contribution in [-0.4, -0.2) is 35.4 Å². The van der Waals surface area contributed by atoms with Crippen LogP contribution >= 0.6 is 11.6 Å². The van der Waals surface area contributed by atoms with Gasteiger partial charge in [-0.3, -0.25) is 25.0 Å². The lowest BCUT2D eigenvalue weighted by Crippen LogP contribution is -2.21. The first-order valence-corrected chi connectivity index (χ1v) is 7.84. The van der Waals surface area contributed by atoms with E-state index >= 15 is 0 Å². The molecule has 0 saturated heterocycles. The monoisotopic (exact) mass is 409 g/mol. The third kappa shape index (κ3) is 4.92. The standard InChI is InChI=1S/C16H12ClN3O8/c1-27-14-7-10(20(25)26)3-5-13(14)18-15(21)8-28-16(22)11-4-2-9(19(23)24)6-12(11)17/h2-7H,8H2,1H3,(H,18,21). The molecule has 12 heteroatoms. The molecule has 0 unspecified atom stereocenters. The predicted octanol–water partition coefficient (Wildman–Crippen LogP) is 2.96. The smallest absolute Gasteiger partial charge is 0.340 e. The summed E-state index contributed by atoms with van der Waals surface area (Å²) in [6, 6.07) is 6.73. The van der Waals surface area contributed by atoms with Gasteiger partial charge in [-0.25, -0.2) is 4.79 Å². The number of ether oxygens (including phenoxy) is 2. The van der Waals surface area contributed by atoms with Crippen LogP contribution in [0.1, 0.15) is 10.4 Å². The van der Waals surface area contributed by atoms with Gasteiger partial charge >= 0.3 is 5.97 Å². The minimum absolute atomic E-state index is 0.0484. The van der Waals surface area contributed by atoms with Crippen LogP contribution in [-0.2, 0) is 9.53 Å². The van der Waals surface area contributed by atoms with Crippen molar-refractivity contribution >= 4 is 40.5 Å². The summed E-state index contributed by atoms with van der Waals surface area (Å²) in [4.78, 5) is 44.1. The molecule has 1 amide bonds. The zero-order chi connectivity index (χ0) is 20.8. The van der Waals surface area contributed by atoms with E-state index in [2.05, 4.69) is 5.32 Å². The Balaban J connectivity index is 2.02. The molecule has 2 aromatic carbocycles. The Morgan fingerprint density at radius 1 is 1.07 bits per heavy atom. The fraction of sp³-hybridized carbons (Fsp3) is 0.125. The number of hydrogen-bond donors (Lipinski definition) is 1. The number of nitrogens with zero attached hydrogens (tertiary/aromatic N) is 2. The zero-order valence-electron chi connectivity index (χ0n) is 14.2. The lowest BCUT2D eigenvalue weighted by Gasteiger charge is -2.10. The molecule has 28 heavy (non-hydrogen) atoms. The van der Waals surface area contributed by atoms with Crippen LogP contribution in [0.2, 0.25) is 5.02 Å². The number of anilines is 1. The van der Waals surface area contributed by atoms with Gasteiger partial charge in [0.25, 0.3) is 17.3 Å². The molecule has 1 N–H and O–H groups in total. The first-order valence-electron chi connectivity index (χ1n) is 7.46. The van der Waals surface area contributed by atoms with Gasteiger partial charge < -0.3 is 14.8 Å². The van der Waals surface area contributed by atoms with Crippen molar-refractivity contribution in [3.8, 4) is 5.75 Å². The summed E-state index contributed by atoms with van der Waals surface area (Å²) in [5.41, 5.74) is -0.533. The Morgan fingerprint density at radius 2 is 1.68 bits per heavy atom. The first kappa shape index (κ1) is 20.6. The Kier molecular flexibility index (Phi) is 6.45. The normalized spacial score (nSPS) is 10.1. The van der Waals surface area contributed by atoms with E-state index < -0.39 is 28.3 Å². The van der Waals surface area contributed by atoms with Crippen molar-refractivity contribution in [2.75, 3.05) is 19.0 Å². The number of carbonyl (C=O) groups excluding carboxylic acids is 2. The van der Waals surface area contributed by atoms with Crippen molar-refractivity contribution in [1.29, 1.82) is 0 Å². The minimum atomic E-state index is -0.953.